The Morgan fingerprint density at radius 2 is 1.25 bits per heavy atom. The third-order valence-electron chi connectivity index (χ3n) is 0.412. The topological polar surface area (TPSA) is 52.0 Å². The minimum Gasteiger partial charge on any atom is -0.390 e. The van der Waals surface area contributed by atoms with Crippen LogP contribution in [0.3, 0.4) is 0 Å². The Morgan fingerprint density at radius 3 is 1.38 bits per heavy atom. The fraction of sp³-hybridized carbons (Fsp3) is 0. The van der Waals surface area contributed by atoms with Gasteiger partial charge in [0.05, 0.1) is 9.98 Å². The van der Waals surface area contributed by atoms with Crippen LogP contribution in [0.25, 0.3) is 0 Å². The highest BCUT2D eigenvalue weighted by atomic mass is 32.1. The molecule has 0 aromatic heterocycles. The summed E-state index contributed by atoms with van der Waals surface area (Å²) in [7, 11) is 0. The van der Waals surface area contributed by atoms with Crippen molar-refractivity contribution in [1.82, 2.24) is 0 Å². The summed E-state index contributed by atoms with van der Waals surface area (Å²) in [5.74, 6) is 0. The number of rotatable bonds is 2. The van der Waals surface area contributed by atoms with Gasteiger partial charge in [0.15, 0.2) is 0 Å². The van der Waals surface area contributed by atoms with Gasteiger partial charge in [-0.25, -0.2) is 0 Å². The lowest BCUT2D eigenvalue weighted by Crippen LogP contribution is -2.07. The fourth-order valence-corrected chi connectivity index (χ4v) is 0.300. The molecule has 4 N–H and O–H groups in total. The first kappa shape index (κ1) is 7.52. The molecule has 0 radical (unpaired) electrons. The Balaban J connectivity index is 3.67. The van der Waals surface area contributed by atoms with Gasteiger partial charge >= 0.3 is 0 Å². The average molecular weight is 146 g/mol. The maximum atomic E-state index is 5.07. The van der Waals surface area contributed by atoms with E-state index in [0.717, 1.165) is 0 Å². The highest BCUT2D eigenvalue weighted by molar-refractivity contribution is 7.81. The van der Waals surface area contributed by atoms with Crippen molar-refractivity contribution in [3.8, 4) is 0 Å². The van der Waals surface area contributed by atoms with Gasteiger partial charge in [-0.05, 0) is 12.2 Å². The van der Waals surface area contributed by atoms with E-state index in [1.807, 2.05) is 0 Å². The Morgan fingerprint density at radius 1 is 1.00 bits per heavy atom. The van der Waals surface area contributed by atoms with E-state index in [1.54, 1.807) is 0 Å². The lowest BCUT2D eigenvalue weighted by Gasteiger charge is -1.81. The zero-order valence-electron chi connectivity index (χ0n) is 4.13. The van der Waals surface area contributed by atoms with Crippen LogP contribution in [0.1, 0.15) is 0 Å². The van der Waals surface area contributed by atoms with Crippen LogP contribution in [-0.2, 0) is 0 Å². The molecule has 2 nitrogen and oxygen atoms in total. The van der Waals surface area contributed by atoms with Crippen LogP contribution in [-0.4, -0.2) is 9.98 Å². The van der Waals surface area contributed by atoms with Crippen molar-refractivity contribution in [2.45, 2.75) is 0 Å². The van der Waals surface area contributed by atoms with E-state index in [9.17, 15) is 0 Å². The number of nitrogens with two attached hydrogens (primary N) is 2. The van der Waals surface area contributed by atoms with Crippen LogP contribution in [0.5, 0.6) is 0 Å². The fourth-order valence-electron chi connectivity index (χ4n) is 0.164. The molecule has 0 atom stereocenters. The van der Waals surface area contributed by atoms with Gasteiger partial charge in [-0.15, -0.1) is 0 Å². The summed E-state index contributed by atoms with van der Waals surface area (Å²) in [6, 6.07) is 0. The van der Waals surface area contributed by atoms with Gasteiger partial charge in [-0.2, -0.15) is 0 Å². The summed E-state index contributed by atoms with van der Waals surface area (Å²) in [6.45, 7) is 0. The molecule has 4 heteroatoms. The normalized spacial score (nSPS) is 9.50. The molecule has 44 valence electrons. The van der Waals surface area contributed by atoms with E-state index in [2.05, 4.69) is 24.4 Å². The first-order valence-corrected chi connectivity index (χ1v) is 2.71. The SMILES string of the molecule is NC(=S)C=CC(N)=S. The Bertz CT molecular complexity index is 123. The maximum Gasteiger partial charge on any atom is 0.0962 e. The second-order valence-electron chi connectivity index (χ2n) is 1.14. The summed E-state index contributed by atoms with van der Waals surface area (Å²) in [5.41, 5.74) is 10.1. The van der Waals surface area contributed by atoms with E-state index >= 15 is 0 Å². The van der Waals surface area contributed by atoms with Crippen molar-refractivity contribution in [2.24, 2.45) is 11.5 Å². The van der Waals surface area contributed by atoms with Crippen molar-refractivity contribution in [3.05, 3.63) is 12.2 Å². The smallest absolute Gasteiger partial charge is 0.0962 e. The molecule has 0 amide bonds. The quantitative estimate of drug-likeness (QED) is 0.429. The van der Waals surface area contributed by atoms with E-state index in [1.165, 1.54) is 12.2 Å². The zero-order valence-corrected chi connectivity index (χ0v) is 5.76. The standard InChI is InChI=1S/C4H6N2S2/c5-3(7)1-2-4(6)8/h1-2H,(H2,5,7)(H2,6,8). The summed E-state index contributed by atoms with van der Waals surface area (Å²) >= 11 is 8.98. The van der Waals surface area contributed by atoms with Crippen molar-refractivity contribution in [3.63, 3.8) is 0 Å². The van der Waals surface area contributed by atoms with Crippen molar-refractivity contribution < 1.29 is 0 Å². The molecule has 0 saturated carbocycles. The molecule has 8 heavy (non-hydrogen) atoms. The Kier molecular flexibility index (Phi) is 3.30. The van der Waals surface area contributed by atoms with Crippen LogP contribution in [0.2, 0.25) is 0 Å². The third kappa shape index (κ3) is 5.52. The minimum atomic E-state index is 0.290. The molecule has 0 rings (SSSR count). The molecule has 0 heterocycles. The average Bonchev–Trinajstić information content (AvgIpc) is 1.61. The molecule has 0 aliphatic heterocycles. The van der Waals surface area contributed by atoms with Gasteiger partial charge in [0.25, 0.3) is 0 Å². The Hall–Kier alpha value is -0.480. The lowest BCUT2D eigenvalue weighted by atomic mass is 10.5. The summed E-state index contributed by atoms with van der Waals surface area (Å²) in [6.07, 6.45) is 2.97. The molecule has 0 aliphatic rings. The van der Waals surface area contributed by atoms with Crippen LogP contribution in [0.4, 0.5) is 0 Å². The summed E-state index contributed by atoms with van der Waals surface area (Å²) in [5, 5.41) is 0. The molecule has 0 aromatic rings. The molecular weight excluding hydrogens is 140 g/mol. The molecule has 0 fully saturated rings. The number of hydrogen-bond donors (Lipinski definition) is 2. The first-order chi connectivity index (χ1) is 3.63. The van der Waals surface area contributed by atoms with Gasteiger partial charge in [0.1, 0.15) is 0 Å². The molecule has 0 saturated heterocycles. The predicted molar refractivity (Wildman–Crippen MR) is 42.7 cm³/mol. The van der Waals surface area contributed by atoms with Gasteiger partial charge in [-0.3, -0.25) is 0 Å². The van der Waals surface area contributed by atoms with E-state index in [-0.39, 0.29) is 9.98 Å². The van der Waals surface area contributed by atoms with Gasteiger partial charge < -0.3 is 11.5 Å². The van der Waals surface area contributed by atoms with Gasteiger partial charge in [0, 0.05) is 0 Å². The third-order valence-corrected chi connectivity index (χ3v) is 0.684. The Labute approximate surface area is 58.5 Å². The molecular formula is C4H6N2S2. The van der Waals surface area contributed by atoms with E-state index < -0.39 is 0 Å². The number of thiocarbonyl (C=S) groups is 2. The molecule has 0 bridgehead atoms. The van der Waals surface area contributed by atoms with E-state index in [4.69, 9.17) is 11.5 Å². The van der Waals surface area contributed by atoms with Crippen LogP contribution < -0.4 is 11.5 Å². The molecule has 0 aliphatic carbocycles. The van der Waals surface area contributed by atoms with Crippen LogP contribution in [0.15, 0.2) is 12.2 Å². The van der Waals surface area contributed by atoms with Crippen LogP contribution >= 0.6 is 24.4 Å². The van der Waals surface area contributed by atoms with Crippen LogP contribution in [0, 0.1) is 0 Å². The van der Waals surface area contributed by atoms with Gasteiger partial charge in [0.2, 0.25) is 0 Å². The summed E-state index contributed by atoms with van der Waals surface area (Å²) < 4.78 is 0. The van der Waals surface area contributed by atoms with Crippen molar-refractivity contribution >= 4 is 34.4 Å². The maximum absolute atomic E-state index is 5.07. The highest BCUT2D eigenvalue weighted by Gasteiger charge is 1.77. The lowest BCUT2D eigenvalue weighted by molar-refractivity contribution is 1.79. The second-order valence-corrected chi connectivity index (χ2v) is 2.08. The van der Waals surface area contributed by atoms with Crippen molar-refractivity contribution in [2.75, 3.05) is 0 Å². The minimum absolute atomic E-state index is 0.290. The number of hydrogen-bond acceptors (Lipinski definition) is 2. The van der Waals surface area contributed by atoms with E-state index in [0.29, 0.717) is 0 Å². The second kappa shape index (κ2) is 3.51. The molecule has 0 unspecified atom stereocenters. The highest BCUT2D eigenvalue weighted by Crippen LogP contribution is 1.72. The summed E-state index contributed by atoms with van der Waals surface area (Å²) in [4.78, 5) is 0.579. The predicted octanol–water partition coefficient (Wildman–Crippen LogP) is 0.115. The zero-order chi connectivity index (χ0) is 6.57. The molecule has 0 spiro atoms. The molecule has 0 aromatic carbocycles. The van der Waals surface area contributed by atoms with Crippen molar-refractivity contribution in [1.29, 1.82) is 0 Å². The van der Waals surface area contributed by atoms with Gasteiger partial charge in [-0.1, -0.05) is 24.4 Å². The first-order valence-electron chi connectivity index (χ1n) is 1.90. The monoisotopic (exact) mass is 146 g/mol. The largest absolute Gasteiger partial charge is 0.390 e.